The smallest absolute Gasteiger partial charge is 0.0298 e. The van der Waals surface area contributed by atoms with Crippen LogP contribution >= 0.6 is 10.6 Å². The molecule has 0 amide bonds. The summed E-state index contributed by atoms with van der Waals surface area (Å²) in [6.07, 6.45) is 1.70. The molecule has 2 N–H and O–H groups in total. The van der Waals surface area contributed by atoms with Crippen molar-refractivity contribution in [2.24, 2.45) is 0 Å². The molecular weight excluding hydrogens is 124 g/mol. The summed E-state index contributed by atoms with van der Waals surface area (Å²) in [6, 6.07) is 0. The van der Waals surface area contributed by atoms with Gasteiger partial charge in [0.1, 0.15) is 0 Å². The first-order valence-electron chi connectivity index (χ1n) is 2.25. The lowest BCUT2D eigenvalue weighted by Gasteiger charge is -2.19. The summed E-state index contributed by atoms with van der Waals surface area (Å²) in [5, 5.41) is 2.88. The van der Waals surface area contributed by atoms with Crippen molar-refractivity contribution in [3.63, 3.8) is 0 Å². The van der Waals surface area contributed by atoms with E-state index in [0.717, 1.165) is 5.57 Å². The molecule has 0 atom stereocenters. The van der Waals surface area contributed by atoms with Gasteiger partial charge in [0, 0.05) is 10.8 Å². The number of rotatable bonds is 0. The van der Waals surface area contributed by atoms with Gasteiger partial charge in [0.05, 0.1) is 0 Å². The normalized spacial score (nSPS) is 27.6. The third-order valence-electron chi connectivity index (χ3n) is 0.891. The third-order valence-corrected chi connectivity index (χ3v) is 2.15. The van der Waals surface area contributed by atoms with Gasteiger partial charge in [-0.1, -0.05) is 0 Å². The molecule has 0 saturated carbocycles. The molecule has 0 aliphatic carbocycles. The summed E-state index contributed by atoms with van der Waals surface area (Å²) in [5.74, 6) is 0. The zero-order valence-electron chi connectivity index (χ0n) is 4.53. The van der Waals surface area contributed by atoms with E-state index in [1.54, 1.807) is 6.08 Å². The second-order valence-corrected chi connectivity index (χ2v) is 3.59. The second kappa shape index (κ2) is 1.62. The topological polar surface area (TPSA) is 40.5 Å². The number of hydrogen-bond acceptors (Lipinski definition) is 2. The lowest BCUT2D eigenvalue weighted by atomic mass is 10.4. The van der Waals surface area contributed by atoms with Crippen LogP contribution in [0, 0.1) is 0 Å². The van der Waals surface area contributed by atoms with E-state index in [-0.39, 0.29) is 0 Å². The lowest BCUT2D eigenvalue weighted by molar-refractivity contribution is 0.512. The van der Waals surface area contributed by atoms with E-state index >= 15 is 0 Å². The quantitative estimate of drug-likeness (QED) is 0.530. The Bertz CT molecular complexity index is 158. The molecule has 3 heteroatoms. The zero-order valence-corrected chi connectivity index (χ0v) is 5.35. The second-order valence-electron chi connectivity index (χ2n) is 1.80. The van der Waals surface area contributed by atoms with Crippen LogP contribution in [-0.4, -0.2) is 9.11 Å². The molecule has 0 bridgehead atoms. The largest absolute Gasteiger partial charge is 0.291 e. The molecule has 1 aliphatic rings. The van der Waals surface area contributed by atoms with E-state index in [2.05, 4.69) is 0 Å². The van der Waals surface area contributed by atoms with E-state index < -0.39 is 10.6 Å². The summed E-state index contributed by atoms with van der Waals surface area (Å²) in [6.45, 7) is 1.83. The fraction of sp³-hybridized carbons (Fsp3) is 0.200. The van der Waals surface area contributed by atoms with Gasteiger partial charge < -0.3 is 0 Å². The van der Waals surface area contributed by atoms with E-state index in [1.165, 1.54) is 10.8 Å². The highest BCUT2D eigenvalue weighted by molar-refractivity contribution is 8.29. The van der Waals surface area contributed by atoms with Crippen molar-refractivity contribution >= 4 is 10.6 Å². The van der Waals surface area contributed by atoms with Crippen molar-refractivity contribution in [2.75, 3.05) is 0 Å². The van der Waals surface area contributed by atoms with Crippen LogP contribution in [0.3, 0.4) is 0 Å². The average molecular weight is 132 g/mol. The van der Waals surface area contributed by atoms with Crippen molar-refractivity contribution in [1.82, 2.24) is 0 Å². The molecule has 0 saturated heterocycles. The highest BCUT2D eigenvalue weighted by Gasteiger charge is 2.07. The van der Waals surface area contributed by atoms with Crippen LogP contribution in [0.15, 0.2) is 22.5 Å². The Morgan fingerprint density at radius 3 is 2.25 bits per heavy atom. The van der Waals surface area contributed by atoms with E-state index in [9.17, 15) is 0 Å². The molecule has 0 aromatic carbocycles. The molecule has 8 heavy (non-hydrogen) atoms. The first-order chi connectivity index (χ1) is 3.60. The highest BCUT2D eigenvalue weighted by Crippen LogP contribution is 2.46. The van der Waals surface area contributed by atoms with Crippen LogP contribution in [0.2, 0.25) is 0 Å². The van der Waals surface area contributed by atoms with Crippen LogP contribution < -0.4 is 0 Å². The monoisotopic (exact) mass is 132 g/mol. The van der Waals surface area contributed by atoms with Gasteiger partial charge in [0.25, 0.3) is 0 Å². The van der Waals surface area contributed by atoms with Gasteiger partial charge in [-0.15, -0.1) is 0 Å². The van der Waals surface area contributed by atoms with Crippen LogP contribution in [0.25, 0.3) is 0 Å². The van der Waals surface area contributed by atoms with Crippen LogP contribution in [-0.2, 0) is 0 Å². The van der Waals surface area contributed by atoms with Crippen LogP contribution in [0.1, 0.15) is 6.92 Å². The van der Waals surface area contributed by atoms with Crippen LogP contribution in [0.5, 0.6) is 0 Å². The molecule has 0 aromatic rings. The standard InChI is InChI=1S/C5H8O2S/c1-5-2-3-8(6,7)4-5/h2-4,6-7H,1H3. The number of hydrogen-bond donors (Lipinski definition) is 2. The highest BCUT2D eigenvalue weighted by atomic mass is 32.3. The maximum absolute atomic E-state index is 8.84. The Morgan fingerprint density at radius 1 is 1.50 bits per heavy atom. The van der Waals surface area contributed by atoms with Crippen molar-refractivity contribution < 1.29 is 9.11 Å². The fourth-order valence-electron chi connectivity index (χ4n) is 0.560. The molecule has 0 spiro atoms. The van der Waals surface area contributed by atoms with Gasteiger partial charge in [0.15, 0.2) is 0 Å². The molecule has 46 valence electrons. The number of allylic oxidation sites excluding steroid dienone is 2. The third kappa shape index (κ3) is 1.12. The van der Waals surface area contributed by atoms with Gasteiger partial charge in [-0.3, -0.25) is 9.11 Å². The summed E-state index contributed by atoms with van der Waals surface area (Å²) in [7, 11) is -2.44. The van der Waals surface area contributed by atoms with Crippen molar-refractivity contribution in [3.8, 4) is 0 Å². The first kappa shape index (κ1) is 5.88. The minimum Gasteiger partial charge on any atom is -0.291 e. The molecule has 0 radical (unpaired) electrons. The SMILES string of the molecule is CC1=CS(O)(O)C=C1. The zero-order chi connectivity index (χ0) is 6.20. The van der Waals surface area contributed by atoms with E-state index in [4.69, 9.17) is 9.11 Å². The predicted octanol–water partition coefficient (Wildman–Crippen LogP) is 2.17. The summed E-state index contributed by atoms with van der Waals surface area (Å²) < 4.78 is 17.7. The molecule has 1 heterocycles. The Morgan fingerprint density at radius 2 is 2.12 bits per heavy atom. The van der Waals surface area contributed by atoms with Gasteiger partial charge in [-0.25, -0.2) is 0 Å². The summed E-state index contributed by atoms with van der Waals surface area (Å²) in [5.41, 5.74) is 0.921. The van der Waals surface area contributed by atoms with Gasteiger partial charge in [-0.05, 0) is 18.6 Å². The minimum absolute atomic E-state index is 0.921. The molecule has 2 nitrogen and oxygen atoms in total. The maximum Gasteiger partial charge on any atom is 0.0298 e. The molecular formula is C5H8O2S. The maximum atomic E-state index is 8.84. The van der Waals surface area contributed by atoms with Gasteiger partial charge in [0.2, 0.25) is 0 Å². The Kier molecular flexibility index (Phi) is 1.19. The van der Waals surface area contributed by atoms with Crippen LogP contribution in [0.4, 0.5) is 0 Å². The van der Waals surface area contributed by atoms with E-state index in [1.807, 2.05) is 6.92 Å². The molecule has 0 unspecified atom stereocenters. The minimum atomic E-state index is -2.44. The molecule has 1 rings (SSSR count). The predicted molar refractivity (Wildman–Crippen MR) is 35.7 cm³/mol. The van der Waals surface area contributed by atoms with Gasteiger partial charge >= 0.3 is 0 Å². The Hall–Kier alpha value is -0.250. The first-order valence-corrected chi connectivity index (χ1v) is 3.92. The van der Waals surface area contributed by atoms with E-state index in [0.29, 0.717) is 0 Å². The summed E-state index contributed by atoms with van der Waals surface area (Å²) in [4.78, 5) is 0. The Balaban J connectivity index is 2.84. The average Bonchev–Trinajstić information content (AvgIpc) is 1.82. The lowest BCUT2D eigenvalue weighted by Crippen LogP contribution is -1.80. The summed E-state index contributed by atoms with van der Waals surface area (Å²) >= 11 is 0. The molecule has 0 aromatic heterocycles. The Labute approximate surface area is 49.9 Å². The van der Waals surface area contributed by atoms with Crippen molar-refractivity contribution in [1.29, 1.82) is 0 Å². The van der Waals surface area contributed by atoms with Gasteiger partial charge in [-0.2, -0.15) is 10.6 Å². The molecule has 0 fully saturated rings. The van der Waals surface area contributed by atoms with Crippen molar-refractivity contribution in [3.05, 3.63) is 22.5 Å². The van der Waals surface area contributed by atoms with Crippen molar-refractivity contribution in [2.45, 2.75) is 6.92 Å². The fourth-order valence-corrected chi connectivity index (χ4v) is 1.68. The molecule has 1 aliphatic heterocycles.